The molecule has 5 heteroatoms. The number of benzene rings is 1. The molecule has 5 nitrogen and oxygen atoms in total. The molecule has 18 heavy (non-hydrogen) atoms. The summed E-state index contributed by atoms with van der Waals surface area (Å²) >= 11 is 0. The van der Waals surface area contributed by atoms with Crippen molar-refractivity contribution in [1.29, 1.82) is 0 Å². The summed E-state index contributed by atoms with van der Waals surface area (Å²) in [6.07, 6.45) is 0.702. The lowest BCUT2D eigenvalue weighted by molar-refractivity contribution is 0.373. The number of aryl methyl sites for hydroxylation is 1. The molecule has 0 saturated heterocycles. The van der Waals surface area contributed by atoms with Crippen molar-refractivity contribution in [3.05, 3.63) is 36.2 Å². The van der Waals surface area contributed by atoms with Crippen LogP contribution in [0.2, 0.25) is 0 Å². The van der Waals surface area contributed by atoms with Crippen LogP contribution in [0.1, 0.15) is 12.7 Å². The maximum Gasteiger partial charge on any atom is 0.224 e. The summed E-state index contributed by atoms with van der Waals surface area (Å²) in [5.74, 6) is 2.71. The Labute approximate surface area is 106 Å². The lowest BCUT2D eigenvalue weighted by Gasteiger charge is -2.10. The van der Waals surface area contributed by atoms with Crippen molar-refractivity contribution in [2.45, 2.75) is 13.3 Å². The van der Waals surface area contributed by atoms with Crippen molar-refractivity contribution < 1.29 is 9.47 Å². The Hall–Kier alpha value is -2.30. The van der Waals surface area contributed by atoms with Crippen LogP contribution in [-0.2, 0) is 6.42 Å². The van der Waals surface area contributed by atoms with Gasteiger partial charge in [-0.1, -0.05) is 19.1 Å². The van der Waals surface area contributed by atoms with Crippen LogP contribution >= 0.6 is 0 Å². The number of para-hydroxylation sites is 2. The van der Waals surface area contributed by atoms with Crippen molar-refractivity contribution in [3.63, 3.8) is 0 Å². The first-order valence-corrected chi connectivity index (χ1v) is 5.67. The van der Waals surface area contributed by atoms with E-state index >= 15 is 0 Å². The minimum Gasteiger partial charge on any atom is -0.493 e. The van der Waals surface area contributed by atoms with Gasteiger partial charge in [-0.15, -0.1) is 0 Å². The van der Waals surface area contributed by atoms with Gasteiger partial charge in [-0.3, -0.25) is 0 Å². The summed E-state index contributed by atoms with van der Waals surface area (Å²) in [4.78, 5) is 8.35. The second-order valence-corrected chi connectivity index (χ2v) is 3.65. The van der Waals surface area contributed by atoms with E-state index in [9.17, 15) is 0 Å². The number of anilines is 1. The molecule has 2 rings (SSSR count). The summed E-state index contributed by atoms with van der Waals surface area (Å²) in [6.45, 7) is 1.96. The van der Waals surface area contributed by atoms with E-state index in [4.69, 9.17) is 15.2 Å². The van der Waals surface area contributed by atoms with Crippen LogP contribution in [0.4, 0.5) is 5.82 Å². The molecule has 0 aliphatic carbocycles. The smallest absolute Gasteiger partial charge is 0.224 e. The van der Waals surface area contributed by atoms with Gasteiger partial charge in [-0.05, 0) is 12.1 Å². The van der Waals surface area contributed by atoms with Crippen LogP contribution < -0.4 is 15.2 Å². The summed E-state index contributed by atoms with van der Waals surface area (Å²) < 4.78 is 10.9. The van der Waals surface area contributed by atoms with E-state index in [0.29, 0.717) is 35.4 Å². The van der Waals surface area contributed by atoms with Gasteiger partial charge >= 0.3 is 0 Å². The first-order chi connectivity index (χ1) is 8.72. The number of nitrogen functional groups attached to an aromatic ring is 1. The SMILES string of the molecule is CCc1nc(N)cc(Oc2ccccc2OC)n1. The van der Waals surface area contributed by atoms with Crippen LogP contribution in [0.3, 0.4) is 0 Å². The number of aromatic nitrogens is 2. The van der Waals surface area contributed by atoms with E-state index in [-0.39, 0.29) is 0 Å². The maximum absolute atomic E-state index is 5.70. The number of ether oxygens (including phenoxy) is 2. The fourth-order valence-electron chi connectivity index (χ4n) is 1.52. The summed E-state index contributed by atoms with van der Waals surface area (Å²) in [7, 11) is 1.59. The molecule has 0 amide bonds. The minimum absolute atomic E-state index is 0.395. The van der Waals surface area contributed by atoms with Crippen LogP contribution in [0, 0.1) is 0 Å². The Bertz CT molecular complexity index is 544. The number of nitrogens with two attached hydrogens (primary N) is 1. The van der Waals surface area contributed by atoms with E-state index in [1.165, 1.54) is 0 Å². The topological polar surface area (TPSA) is 70.3 Å². The summed E-state index contributed by atoms with van der Waals surface area (Å²) in [5.41, 5.74) is 5.70. The molecule has 0 aliphatic rings. The minimum atomic E-state index is 0.395. The van der Waals surface area contributed by atoms with Crippen molar-refractivity contribution in [2.24, 2.45) is 0 Å². The third kappa shape index (κ3) is 2.68. The molecule has 0 radical (unpaired) electrons. The number of hydrogen-bond acceptors (Lipinski definition) is 5. The van der Waals surface area contributed by atoms with Gasteiger partial charge in [0.25, 0.3) is 0 Å². The molecule has 0 spiro atoms. The number of hydrogen-bond donors (Lipinski definition) is 1. The zero-order valence-corrected chi connectivity index (χ0v) is 10.4. The zero-order valence-electron chi connectivity index (χ0n) is 10.4. The van der Waals surface area contributed by atoms with Gasteiger partial charge in [0.05, 0.1) is 7.11 Å². The fourth-order valence-corrected chi connectivity index (χ4v) is 1.52. The van der Waals surface area contributed by atoms with Gasteiger partial charge in [-0.25, -0.2) is 4.98 Å². The van der Waals surface area contributed by atoms with Crippen LogP contribution in [0.5, 0.6) is 17.4 Å². The zero-order chi connectivity index (χ0) is 13.0. The molecular formula is C13H15N3O2. The van der Waals surface area contributed by atoms with Crippen LogP contribution in [0.15, 0.2) is 30.3 Å². The largest absolute Gasteiger partial charge is 0.493 e. The van der Waals surface area contributed by atoms with Gasteiger partial charge in [0, 0.05) is 12.5 Å². The Kier molecular flexibility index (Phi) is 3.62. The monoisotopic (exact) mass is 245 g/mol. The van der Waals surface area contributed by atoms with Crippen LogP contribution in [-0.4, -0.2) is 17.1 Å². The molecule has 2 N–H and O–H groups in total. The molecule has 0 fully saturated rings. The van der Waals surface area contributed by atoms with E-state index in [0.717, 1.165) is 0 Å². The normalized spacial score (nSPS) is 10.1. The summed E-state index contributed by atoms with van der Waals surface area (Å²) in [6, 6.07) is 8.95. The van der Waals surface area contributed by atoms with Crippen molar-refractivity contribution in [1.82, 2.24) is 9.97 Å². The highest BCUT2D eigenvalue weighted by Crippen LogP contribution is 2.30. The number of nitrogens with zero attached hydrogens (tertiary/aromatic N) is 2. The Morgan fingerprint density at radius 3 is 2.56 bits per heavy atom. The lowest BCUT2D eigenvalue weighted by Crippen LogP contribution is -2.00. The molecular weight excluding hydrogens is 230 g/mol. The lowest BCUT2D eigenvalue weighted by atomic mass is 10.3. The predicted octanol–water partition coefficient (Wildman–Crippen LogP) is 2.42. The second-order valence-electron chi connectivity index (χ2n) is 3.65. The number of methoxy groups -OCH3 is 1. The first kappa shape index (κ1) is 12.2. The second kappa shape index (κ2) is 5.35. The third-order valence-electron chi connectivity index (χ3n) is 2.37. The van der Waals surface area contributed by atoms with E-state index in [1.54, 1.807) is 13.2 Å². The van der Waals surface area contributed by atoms with Crippen molar-refractivity contribution >= 4 is 5.82 Å². The van der Waals surface area contributed by atoms with Gasteiger partial charge < -0.3 is 15.2 Å². The average Bonchev–Trinajstić information content (AvgIpc) is 2.38. The van der Waals surface area contributed by atoms with E-state index < -0.39 is 0 Å². The Balaban J connectivity index is 2.30. The Morgan fingerprint density at radius 2 is 1.89 bits per heavy atom. The maximum atomic E-state index is 5.70. The van der Waals surface area contributed by atoms with Gasteiger partial charge in [0.2, 0.25) is 5.88 Å². The fraction of sp³-hybridized carbons (Fsp3) is 0.231. The average molecular weight is 245 g/mol. The molecule has 1 heterocycles. The third-order valence-corrected chi connectivity index (χ3v) is 2.37. The molecule has 1 aromatic heterocycles. The molecule has 2 aromatic rings. The molecule has 0 saturated carbocycles. The van der Waals surface area contributed by atoms with E-state index in [2.05, 4.69) is 9.97 Å². The predicted molar refractivity (Wildman–Crippen MR) is 68.9 cm³/mol. The van der Waals surface area contributed by atoms with E-state index in [1.807, 2.05) is 31.2 Å². The highest BCUT2D eigenvalue weighted by molar-refractivity contribution is 5.43. The number of rotatable bonds is 4. The molecule has 1 aromatic carbocycles. The highest BCUT2D eigenvalue weighted by atomic mass is 16.5. The molecule has 94 valence electrons. The first-order valence-electron chi connectivity index (χ1n) is 5.67. The van der Waals surface area contributed by atoms with Crippen molar-refractivity contribution in [2.75, 3.05) is 12.8 Å². The molecule has 0 atom stereocenters. The van der Waals surface area contributed by atoms with Gasteiger partial charge in [-0.2, -0.15) is 4.98 Å². The van der Waals surface area contributed by atoms with Gasteiger partial charge in [0.1, 0.15) is 11.6 Å². The standard InChI is InChI=1S/C13H15N3O2/c1-3-12-15-11(14)8-13(16-12)18-10-7-5-4-6-9(10)17-2/h4-8H,3H2,1-2H3,(H2,14,15,16). The quantitative estimate of drug-likeness (QED) is 0.895. The van der Waals surface area contributed by atoms with Crippen molar-refractivity contribution in [3.8, 4) is 17.4 Å². The molecule has 0 bridgehead atoms. The highest BCUT2D eigenvalue weighted by Gasteiger charge is 2.07. The summed E-state index contributed by atoms with van der Waals surface area (Å²) in [5, 5.41) is 0. The Morgan fingerprint density at radius 1 is 1.17 bits per heavy atom. The molecule has 0 aliphatic heterocycles. The van der Waals surface area contributed by atoms with Crippen LogP contribution in [0.25, 0.3) is 0 Å². The molecule has 0 unspecified atom stereocenters. The van der Waals surface area contributed by atoms with Gasteiger partial charge in [0.15, 0.2) is 11.5 Å².